The molecule has 1 amide bonds. The van der Waals surface area contributed by atoms with Gasteiger partial charge in [0.25, 0.3) is 0 Å². The number of ether oxygens (including phenoxy) is 1. The second kappa shape index (κ2) is 7.45. The second-order valence-corrected chi connectivity index (χ2v) is 6.82. The first kappa shape index (κ1) is 16.5. The van der Waals surface area contributed by atoms with Crippen molar-refractivity contribution in [2.45, 2.75) is 51.6 Å². The Bertz CT molecular complexity index is 552. The molecule has 126 valence electrons. The molecule has 2 atom stereocenters. The van der Waals surface area contributed by atoms with Crippen molar-refractivity contribution in [1.29, 1.82) is 0 Å². The molecule has 2 heterocycles. The molecule has 1 aromatic rings. The van der Waals surface area contributed by atoms with E-state index < -0.39 is 0 Å². The summed E-state index contributed by atoms with van der Waals surface area (Å²) in [5, 5.41) is 3.39. The predicted octanol–water partition coefficient (Wildman–Crippen LogP) is 2.74. The van der Waals surface area contributed by atoms with Gasteiger partial charge in [0.15, 0.2) is 0 Å². The smallest absolute Gasteiger partial charge is 0.224 e. The van der Waals surface area contributed by atoms with Gasteiger partial charge >= 0.3 is 0 Å². The van der Waals surface area contributed by atoms with E-state index in [1.807, 2.05) is 0 Å². The fourth-order valence-electron chi connectivity index (χ4n) is 3.77. The van der Waals surface area contributed by atoms with Crippen LogP contribution in [0.25, 0.3) is 0 Å². The van der Waals surface area contributed by atoms with Crippen molar-refractivity contribution < 1.29 is 9.53 Å². The Kier molecular flexibility index (Phi) is 5.34. The van der Waals surface area contributed by atoms with Gasteiger partial charge in [-0.25, -0.2) is 0 Å². The average molecular weight is 316 g/mol. The molecule has 0 radical (unpaired) electrons. The summed E-state index contributed by atoms with van der Waals surface area (Å²) in [4.78, 5) is 15.0. The highest BCUT2D eigenvalue weighted by atomic mass is 16.5. The average Bonchev–Trinajstić information content (AvgIpc) is 2.58. The van der Waals surface area contributed by atoms with Gasteiger partial charge in [0.05, 0.1) is 19.3 Å². The van der Waals surface area contributed by atoms with E-state index in [2.05, 4.69) is 42.3 Å². The van der Waals surface area contributed by atoms with Crippen LogP contribution in [0.3, 0.4) is 0 Å². The van der Waals surface area contributed by atoms with Crippen molar-refractivity contribution in [2.24, 2.45) is 0 Å². The number of hydrogen-bond donors (Lipinski definition) is 1. The van der Waals surface area contributed by atoms with Gasteiger partial charge in [-0.2, -0.15) is 0 Å². The van der Waals surface area contributed by atoms with Crippen LogP contribution in [0.2, 0.25) is 0 Å². The van der Waals surface area contributed by atoms with Gasteiger partial charge in [0.1, 0.15) is 0 Å². The highest BCUT2D eigenvalue weighted by molar-refractivity contribution is 5.77. The standard InChI is InChI=1S/C19H28N2O2/c1-14-6-5-7-17(15(14)2)18-8-3-4-10-21(18)19(22)12-16-13-23-11-9-20-16/h5-7,16,18,20H,3-4,8-13H2,1-2H3. The number of carbonyl (C=O) groups excluding carboxylic acids is 1. The zero-order valence-electron chi connectivity index (χ0n) is 14.3. The van der Waals surface area contributed by atoms with Gasteiger partial charge in [-0.1, -0.05) is 18.2 Å². The second-order valence-electron chi connectivity index (χ2n) is 6.82. The van der Waals surface area contributed by atoms with Crippen LogP contribution in [0.1, 0.15) is 48.4 Å². The number of hydrogen-bond acceptors (Lipinski definition) is 3. The van der Waals surface area contributed by atoms with Gasteiger partial charge < -0.3 is 15.0 Å². The topological polar surface area (TPSA) is 41.6 Å². The highest BCUT2D eigenvalue weighted by Gasteiger charge is 2.30. The molecule has 3 rings (SSSR count). The van der Waals surface area contributed by atoms with E-state index >= 15 is 0 Å². The third-order valence-corrected chi connectivity index (χ3v) is 5.25. The number of rotatable bonds is 3. The van der Waals surface area contributed by atoms with E-state index in [0.717, 1.165) is 32.5 Å². The number of carbonyl (C=O) groups is 1. The fourth-order valence-corrected chi connectivity index (χ4v) is 3.77. The fraction of sp³-hybridized carbons (Fsp3) is 0.632. The lowest BCUT2D eigenvalue weighted by molar-refractivity contribution is -0.136. The molecule has 2 aliphatic rings. The Morgan fingerprint density at radius 2 is 2.22 bits per heavy atom. The van der Waals surface area contributed by atoms with Crippen molar-refractivity contribution in [2.75, 3.05) is 26.3 Å². The number of morpholine rings is 1. The van der Waals surface area contributed by atoms with Crippen molar-refractivity contribution in [3.63, 3.8) is 0 Å². The van der Waals surface area contributed by atoms with Gasteiger partial charge in [-0.3, -0.25) is 4.79 Å². The lowest BCUT2D eigenvalue weighted by Gasteiger charge is -2.38. The summed E-state index contributed by atoms with van der Waals surface area (Å²) in [5.74, 6) is 0.263. The molecule has 4 nitrogen and oxygen atoms in total. The molecule has 23 heavy (non-hydrogen) atoms. The van der Waals surface area contributed by atoms with E-state index in [1.54, 1.807) is 0 Å². The van der Waals surface area contributed by atoms with E-state index in [0.29, 0.717) is 13.0 Å². The van der Waals surface area contributed by atoms with Crippen LogP contribution in [0.15, 0.2) is 18.2 Å². The van der Waals surface area contributed by atoms with Crippen LogP contribution in [0.4, 0.5) is 0 Å². The maximum absolute atomic E-state index is 12.9. The quantitative estimate of drug-likeness (QED) is 0.932. The minimum atomic E-state index is 0.164. The number of piperidine rings is 1. The van der Waals surface area contributed by atoms with Gasteiger partial charge in [0, 0.05) is 25.6 Å². The van der Waals surface area contributed by atoms with Crippen LogP contribution in [-0.2, 0) is 9.53 Å². The number of amides is 1. The molecule has 0 aromatic heterocycles. The summed E-state index contributed by atoms with van der Waals surface area (Å²) in [6, 6.07) is 6.86. The number of aryl methyl sites for hydroxylation is 1. The molecule has 4 heteroatoms. The molecule has 0 spiro atoms. The Balaban J connectivity index is 1.75. The summed E-state index contributed by atoms with van der Waals surface area (Å²) in [6.45, 7) is 7.45. The third kappa shape index (κ3) is 3.75. The van der Waals surface area contributed by atoms with Crippen molar-refractivity contribution in [3.8, 4) is 0 Å². The molecule has 0 aliphatic carbocycles. The molecule has 2 fully saturated rings. The van der Waals surface area contributed by atoms with Crippen LogP contribution >= 0.6 is 0 Å². The first-order chi connectivity index (χ1) is 11.2. The van der Waals surface area contributed by atoms with Crippen LogP contribution < -0.4 is 5.32 Å². The molecule has 1 N–H and O–H groups in total. The summed E-state index contributed by atoms with van der Waals surface area (Å²) in [6.07, 6.45) is 3.93. The third-order valence-electron chi connectivity index (χ3n) is 5.25. The number of nitrogens with one attached hydrogen (secondary N) is 1. The van der Waals surface area contributed by atoms with Crippen LogP contribution in [0.5, 0.6) is 0 Å². The Hall–Kier alpha value is -1.39. The zero-order valence-corrected chi connectivity index (χ0v) is 14.3. The van der Waals surface area contributed by atoms with Crippen molar-refractivity contribution in [1.82, 2.24) is 10.2 Å². The lowest BCUT2D eigenvalue weighted by Crippen LogP contribution is -2.46. The number of nitrogens with zero attached hydrogens (tertiary/aromatic N) is 1. The van der Waals surface area contributed by atoms with Gasteiger partial charge in [-0.05, 0) is 49.8 Å². The highest BCUT2D eigenvalue weighted by Crippen LogP contribution is 2.34. The minimum absolute atomic E-state index is 0.164. The Morgan fingerprint density at radius 1 is 1.35 bits per heavy atom. The van der Waals surface area contributed by atoms with Crippen LogP contribution in [-0.4, -0.2) is 43.2 Å². The van der Waals surface area contributed by atoms with E-state index in [9.17, 15) is 4.79 Å². The number of benzene rings is 1. The molecule has 1 aromatic carbocycles. The van der Waals surface area contributed by atoms with E-state index in [-0.39, 0.29) is 18.0 Å². The predicted molar refractivity (Wildman–Crippen MR) is 91.4 cm³/mol. The van der Waals surface area contributed by atoms with Crippen LogP contribution in [0, 0.1) is 13.8 Å². The summed E-state index contributed by atoms with van der Waals surface area (Å²) < 4.78 is 5.48. The maximum atomic E-state index is 12.9. The maximum Gasteiger partial charge on any atom is 0.224 e. The monoisotopic (exact) mass is 316 g/mol. The molecule has 2 unspecified atom stereocenters. The van der Waals surface area contributed by atoms with E-state index in [1.165, 1.54) is 23.1 Å². The Labute approximate surface area is 139 Å². The normalized spacial score (nSPS) is 25.4. The van der Waals surface area contributed by atoms with Gasteiger partial charge in [0.2, 0.25) is 5.91 Å². The largest absolute Gasteiger partial charge is 0.378 e. The zero-order chi connectivity index (χ0) is 16.2. The van der Waals surface area contributed by atoms with Crippen molar-refractivity contribution >= 4 is 5.91 Å². The summed E-state index contributed by atoms with van der Waals surface area (Å²) in [5.41, 5.74) is 3.96. The molecule has 2 aliphatic heterocycles. The molecule has 0 bridgehead atoms. The van der Waals surface area contributed by atoms with Crippen molar-refractivity contribution in [3.05, 3.63) is 34.9 Å². The summed E-state index contributed by atoms with van der Waals surface area (Å²) in [7, 11) is 0. The number of likely N-dealkylation sites (tertiary alicyclic amines) is 1. The van der Waals surface area contributed by atoms with E-state index in [4.69, 9.17) is 4.74 Å². The molecule has 0 saturated carbocycles. The summed E-state index contributed by atoms with van der Waals surface area (Å²) >= 11 is 0. The first-order valence-corrected chi connectivity index (χ1v) is 8.83. The lowest BCUT2D eigenvalue weighted by atomic mass is 9.90. The molecular formula is C19H28N2O2. The molecule has 2 saturated heterocycles. The molecular weight excluding hydrogens is 288 g/mol. The Morgan fingerprint density at radius 3 is 3.00 bits per heavy atom. The SMILES string of the molecule is Cc1cccc(C2CCCCN2C(=O)CC2COCCN2)c1C. The minimum Gasteiger partial charge on any atom is -0.378 e. The van der Waals surface area contributed by atoms with Gasteiger partial charge in [-0.15, -0.1) is 0 Å². The first-order valence-electron chi connectivity index (χ1n) is 8.83.